The Morgan fingerprint density at radius 3 is 1.68 bits per heavy atom. The van der Waals surface area contributed by atoms with Crippen LogP contribution in [-0.4, -0.2) is 79.5 Å². The maximum Gasteiger partial charge on any atom is 0.303 e. The van der Waals surface area contributed by atoms with Crippen LogP contribution in [0.5, 0.6) is 0 Å². The number of Topliss-reactive ketones (excluding diaryl/α,β-unsaturated/α-hetero) is 1. The van der Waals surface area contributed by atoms with E-state index in [4.69, 9.17) is 4.74 Å². The molecule has 0 aliphatic heterocycles. The minimum absolute atomic E-state index is 0.00231. The Kier molecular flexibility index (Phi) is 34.9. The fourth-order valence-electron chi connectivity index (χ4n) is 4.04. The van der Waals surface area contributed by atoms with Crippen molar-refractivity contribution in [3.8, 4) is 0 Å². The number of esters is 1. The van der Waals surface area contributed by atoms with E-state index >= 15 is 0 Å². The Hall–Kier alpha value is -2.81. The molecule has 0 aromatic carbocycles. The summed E-state index contributed by atoms with van der Waals surface area (Å²) < 4.78 is 4.80. The van der Waals surface area contributed by atoms with Crippen molar-refractivity contribution in [2.24, 2.45) is 21.3 Å². The molecule has 0 spiro atoms. The van der Waals surface area contributed by atoms with E-state index in [2.05, 4.69) is 70.5 Å². The molecule has 2 N–H and O–H groups in total. The van der Waals surface area contributed by atoms with Gasteiger partial charge in [-0.1, -0.05) is 87.7 Å². The summed E-state index contributed by atoms with van der Waals surface area (Å²) in [6.45, 7) is 34.7. The number of ketones is 1. The summed E-state index contributed by atoms with van der Waals surface area (Å²) in [5.41, 5.74) is 2.40. The standard InChI is InChI=1S/C18H31N3O.C8H17NO2.C6H12O2.C4H10.C2H6/c1-10-13(2)15(11-19-7)16(20-8)12-21(9)17(14(3)22)18(4,5)6;1-4-7(10)5-6(2)8(11)9-3;1-5(7)8-6(2,3)4;1-3-4-2;1-2/h11-12,17H,8,10H2,1-7,9H3;6-7,10H,4-5H2,1-3H3,(H,9,11);1-4H3;3-4H2,1-2H3;1-2H3/b15-13-,16-12-,19-11?;;;;/t17-;6-,7-;;;/m10.../s1. The van der Waals surface area contributed by atoms with Crippen LogP contribution in [0.2, 0.25) is 0 Å². The Labute approximate surface area is 290 Å². The maximum absolute atomic E-state index is 12.0. The van der Waals surface area contributed by atoms with Gasteiger partial charge in [-0.3, -0.25) is 24.4 Å². The molecule has 0 saturated heterocycles. The van der Waals surface area contributed by atoms with Crippen LogP contribution in [0.25, 0.3) is 0 Å². The first kappa shape index (κ1) is 53.7. The van der Waals surface area contributed by atoms with E-state index in [-0.39, 0.29) is 46.7 Å². The number of aliphatic hydroxyl groups is 1. The molecule has 0 aromatic heterocycles. The van der Waals surface area contributed by atoms with E-state index in [0.717, 1.165) is 17.7 Å². The lowest BCUT2D eigenvalue weighted by molar-refractivity contribution is -0.151. The number of ether oxygens (including phenoxy) is 1. The van der Waals surface area contributed by atoms with E-state index < -0.39 is 0 Å². The van der Waals surface area contributed by atoms with Crippen molar-refractivity contribution in [3.05, 3.63) is 23.0 Å². The lowest BCUT2D eigenvalue weighted by atomic mass is 9.83. The summed E-state index contributed by atoms with van der Waals surface area (Å²) in [6, 6.07) is -0.217. The smallest absolute Gasteiger partial charge is 0.303 e. The van der Waals surface area contributed by atoms with E-state index in [9.17, 15) is 19.5 Å². The molecule has 0 unspecified atom stereocenters. The number of allylic oxidation sites excluding steroid dienone is 2. The normalized spacial score (nSPS) is 13.6. The SMILES string of the molecule is C=NC(=C\N(C)[C@H](C(C)=O)C(C)(C)C)/C(C=NC)=C(/C)CC.CC.CC(=O)OC(C)(C)C.CCCC.CC[C@H](O)C[C@H](C)C(=O)NC. The molecule has 9 nitrogen and oxygen atoms in total. The molecular formula is C38H76N4O5. The number of amides is 1. The Bertz CT molecular complexity index is 939. The first-order chi connectivity index (χ1) is 21.5. The molecule has 0 aliphatic rings. The number of unbranched alkanes of at least 4 members (excludes halogenated alkanes) is 1. The van der Waals surface area contributed by atoms with Gasteiger partial charge in [-0.05, 0) is 66.0 Å². The summed E-state index contributed by atoms with van der Waals surface area (Å²) in [4.78, 5) is 43.4. The molecule has 0 bridgehead atoms. The average molecular weight is 669 g/mol. The lowest BCUT2D eigenvalue weighted by Crippen LogP contribution is -2.44. The number of aliphatic hydroxyl groups excluding tert-OH is 1. The zero-order valence-electron chi connectivity index (χ0n) is 34.1. The first-order valence-corrected chi connectivity index (χ1v) is 17.2. The molecule has 1 amide bonds. The number of carbonyl (C=O) groups is 3. The molecule has 0 saturated carbocycles. The number of hydrogen-bond acceptors (Lipinski definition) is 8. The predicted molar refractivity (Wildman–Crippen MR) is 204 cm³/mol. The Morgan fingerprint density at radius 1 is 0.979 bits per heavy atom. The number of aliphatic imine (C=N–C) groups is 2. The van der Waals surface area contributed by atoms with Crippen molar-refractivity contribution in [3.63, 3.8) is 0 Å². The second kappa shape index (κ2) is 30.5. The third-order valence-corrected chi connectivity index (χ3v) is 6.37. The van der Waals surface area contributed by atoms with Crippen LogP contribution in [0, 0.1) is 11.3 Å². The third kappa shape index (κ3) is 31.6. The van der Waals surface area contributed by atoms with Crippen molar-refractivity contribution in [2.45, 2.75) is 161 Å². The first-order valence-electron chi connectivity index (χ1n) is 17.2. The van der Waals surface area contributed by atoms with Gasteiger partial charge in [0.15, 0.2) is 5.78 Å². The van der Waals surface area contributed by atoms with Gasteiger partial charge in [-0.25, -0.2) is 0 Å². The molecule has 278 valence electrons. The highest BCUT2D eigenvalue weighted by molar-refractivity contribution is 5.86. The number of nitrogens with zero attached hydrogens (tertiary/aromatic N) is 3. The minimum atomic E-state index is -0.345. The number of likely N-dealkylation sites (N-methyl/N-ethyl adjacent to an activating group) is 1. The molecular weight excluding hydrogens is 592 g/mol. The molecule has 0 rings (SSSR count). The largest absolute Gasteiger partial charge is 0.460 e. The summed E-state index contributed by atoms with van der Waals surface area (Å²) in [7, 11) is 5.25. The summed E-state index contributed by atoms with van der Waals surface area (Å²) in [5.74, 6) is -0.179. The molecule has 9 heteroatoms. The van der Waals surface area contributed by atoms with Crippen molar-refractivity contribution >= 4 is 30.6 Å². The number of carbonyl (C=O) groups excluding carboxylic acids is 3. The molecule has 0 radical (unpaired) electrons. The van der Waals surface area contributed by atoms with Crippen LogP contribution in [0.1, 0.15) is 143 Å². The van der Waals surface area contributed by atoms with Crippen LogP contribution in [0.4, 0.5) is 0 Å². The van der Waals surface area contributed by atoms with Crippen LogP contribution in [-0.2, 0) is 19.1 Å². The van der Waals surface area contributed by atoms with Gasteiger partial charge in [0, 0.05) is 52.0 Å². The van der Waals surface area contributed by atoms with Gasteiger partial charge in [-0.2, -0.15) is 0 Å². The predicted octanol–water partition coefficient (Wildman–Crippen LogP) is 8.60. The van der Waals surface area contributed by atoms with Crippen molar-refractivity contribution in [1.82, 2.24) is 10.2 Å². The third-order valence-electron chi connectivity index (χ3n) is 6.37. The second-order valence-corrected chi connectivity index (χ2v) is 13.2. The van der Waals surface area contributed by atoms with Gasteiger partial charge in [0.2, 0.25) is 5.91 Å². The maximum atomic E-state index is 12.0. The molecule has 0 aromatic rings. The fourth-order valence-corrected chi connectivity index (χ4v) is 4.04. The summed E-state index contributed by atoms with van der Waals surface area (Å²) in [5, 5.41) is 11.7. The van der Waals surface area contributed by atoms with Gasteiger partial charge in [-0.15, -0.1) is 0 Å². The van der Waals surface area contributed by atoms with Crippen molar-refractivity contribution in [1.29, 1.82) is 0 Å². The zero-order chi connectivity index (χ0) is 38.6. The van der Waals surface area contributed by atoms with Crippen LogP contribution in [0.3, 0.4) is 0 Å². The highest BCUT2D eigenvalue weighted by Gasteiger charge is 2.31. The van der Waals surface area contributed by atoms with Crippen LogP contribution in [0.15, 0.2) is 33.0 Å². The van der Waals surface area contributed by atoms with Gasteiger partial charge in [0.25, 0.3) is 0 Å². The van der Waals surface area contributed by atoms with E-state index in [1.165, 1.54) is 25.3 Å². The molecule has 3 atom stereocenters. The van der Waals surface area contributed by atoms with E-state index in [0.29, 0.717) is 12.8 Å². The number of rotatable bonds is 12. The van der Waals surface area contributed by atoms with Gasteiger partial charge < -0.3 is 20.1 Å². The lowest BCUT2D eigenvalue weighted by Gasteiger charge is -2.35. The van der Waals surface area contributed by atoms with Crippen molar-refractivity contribution in [2.75, 3.05) is 21.1 Å². The monoisotopic (exact) mass is 669 g/mol. The molecule has 0 fully saturated rings. The van der Waals surface area contributed by atoms with Gasteiger partial charge in [0.05, 0.1) is 17.8 Å². The quantitative estimate of drug-likeness (QED) is 0.122. The molecule has 0 aliphatic carbocycles. The molecule has 47 heavy (non-hydrogen) atoms. The summed E-state index contributed by atoms with van der Waals surface area (Å²) >= 11 is 0. The van der Waals surface area contributed by atoms with Crippen molar-refractivity contribution < 1.29 is 24.2 Å². The average Bonchev–Trinajstić information content (AvgIpc) is 2.97. The van der Waals surface area contributed by atoms with Crippen LogP contribution < -0.4 is 5.32 Å². The Morgan fingerprint density at radius 2 is 1.45 bits per heavy atom. The highest BCUT2D eigenvalue weighted by Crippen LogP contribution is 2.26. The second-order valence-electron chi connectivity index (χ2n) is 13.2. The Balaban J connectivity index is -0.000000194. The van der Waals surface area contributed by atoms with Gasteiger partial charge in [0.1, 0.15) is 5.60 Å². The van der Waals surface area contributed by atoms with Crippen LogP contribution >= 0.6 is 0 Å². The topological polar surface area (TPSA) is 121 Å². The van der Waals surface area contributed by atoms with Gasteiger partial charge >= 0.3 is 5.97 Å². The summed E-state index contributed by atoms with van der Waals surface area (Å²) in [6.07, 6.45) is 8.15. The van der Waals surface area contributed by atoms with E-state index in [1.807, 2.05) is 66.6 Å². The fraction of sp³-hybridized carbons (Fsp3) is 0.763. The minimum Gasteiger partial charge on any atom is -0.460 e. The van der Waals surface area contributed by atoms with E-state index in [1.54, 1.807) is 27.2 Å². The number of nitrogens with one attached hydrogen (secondary N) is 1. The number of hydrogen-bond donors (Lipinski definition) is 2. The molecule has 0 heterocycles. The highest BCUT2D eigenvalue weighted by atomic mass is 16.6. The zero-order valence-corrected chi connectivity index (χ0v) is 34.1.